The monoisotopic (exact) mass is 473 g/mol. The van der Waals surface area contributed by atoms with Gasteiger partial charge in [0, 0.05) is 79.4 Å². The highest BCUT2D eigenvalue weighted by molar-refractivity contribution is 7.11. The molecule has 2 aliphatic rings. The van der Waals surface area contributed by atoms with Crippen LogP contribution in [-0.2, 0) is 0 Å². The van der Waals surface area contributed by atoms with Crippen LogP contribution in [0.1, 0.15) is 26.6 Å². The Balaban J connectivity index is 1.05. The fourth-order valence-corrected chi connectivity index (χ4v) is 5.28. The molecule has 9 nitrogen and oxygen atoms in total. The van der Waals surface area contributed by atoms with E-state index in [4.69, 9.17) is 0 Å². The number of benzene rings is 1. The number of aromatic nitrogens is 4. The number of likely N-dealkylation sites (tertiary alicyclic amines) is 2. The summed E-state index contributed by atoms with van der Waals surface area (Å²) in [5.41, 5.74) is 1.64. The number of nitrogens with one attached hydrogen (secondary N) is 1. The quantitative estimate of drug-likeness (QED) is 0.478. The summed E-state index contributed by atoms with van der Waals surface area (Å²) in [6.07, 6.45) is 7.92. The smallest absolute Gasteiger partial charge is 0.282 e. The molecule has 1 unspecified atom stereocenters. The van der Waals surface area contributed by atoms with Crippen LogP contribution in [0.2, 0.25) is 0 Å². The molecule has 0 saturated carbocycles. The van der Waals surface area contributed by atoms with E-state index >= 15 is 0 Å². The molecule has 4 aromatic rings. The number of hydrogen-bond acceptors (Lipinski definition) is 7. The lowest BCUT2D eigenvalue weighted by molar-refractivity contribution is 0.0553. The zero-order chi connectivity index (χ0) is 23.1. The van der Waals surface area contributed by atoms with Crippen molar-refractivity contribution in [3.8, 4) is 5.95 Å². The second-order valence-electron chi connectivity index (χ2n) is 8.66. The molecule has 2 saturated heterocycles. The van der Waals surface area contributed by atoms with Crippen LogP contribution in [0.5, 0.6) is 0 Å². The second-order valence-corrected chi connectivity index (χ2v) is 9.55. The molecule has 2 aliphatic heterocycles. The normalized spacial score (nSPS) is 18.4. The Bertz CT molecular complexity index is 1330. The first-order chi connectivity index (χ1) is 16.7. The van der Waals surface area contributed by atoms with Gasteiger partial charge in [-0.05, 0) is 36.8 Å². The average molecular weight is 474 g/mol. The predicted octanol–water partition coefficient (Wildman–Crippen LogP) is 2.21. The van der Waals surface area contributed by atoms with E-state index in [9.17, 15) is 9.59 Å². The number of hydrogen-bond donors (Lipinski definition) is 1. The van der Waals surface area contributed by atoms with Crippen molar-refractivity contribution in [1.82, 2.24) is 34.6 Å². The first-order valence-corrected chi connectivity index (χ1v) is 12.2. The third kappa shape index (κ3) is 3.84. The average Bonchev–Trinajstić information content (AvgIpc) is 3.61. The topological polar surface area (TPSA) is 96.3 Å². The Morgan fingerprint density at radius 1 is 0.941 bits per heavy atom. The fraction of sp³-hybridized carbons (Fsp3) is 0.292. The van der Waals surface area contributed by atoms with E-state index in [0.717, 1.165) is 23.9 Å². The number of rotatable bonds is 5. The van der Waals surface area contributed by atoms with Gasteiger partial charge < -0.3 is 15.1 Å². The maximum atomic E-state index is 13.0. The summed E-state index contributed by atoms with van der Waals surface area (Å²) >= 11 is 1.38. The third-order valence-electron chi connectivity index (χ3n) is 6.44. The van der Waals surface area contributed by atoms with Gasteiger partial charge in [-0.1, -0.05) is 0 Å². The van der Waals surface area contributed by atoms with Gasteiger partial charge in [-0.25, -0.2) is 15.0 Å². The highest BCUT2D eigenvalue weighted by Crippen LogP contribution is 2.23. The summed E-state index contributed by atoms with van der Waals surface area (Å²) in [7, 11) is 0. The number of thiazole rings is 1. The van der Waals surface area contributed by atoms with Crippen molar-refractivity contribution < 1.29 is 9.59 Å². The molecule has 172 valence electrons. The van der Waals surface area contributed by atoms with Crippen LogP contribution >= 0.6 is 11.3 Å². The van der Waals surface area contributed by atoms with E-state index in [0.29, 0.717) is 36.2 Å². The summed E-state index contributed by atoms with van der Waals surface area (Å²) in [6, 6.07) is 10.0. The lowest BCUT2D eigenvalue weighted by Crippen LogP contribution is -2.62. The van der Waals surface area contributed by atoms with Crippen molar-refractivity contribution in [3.63, 3.8) is 0 Å². The Morgan fingerprint density at radius 3 is 2.56 bits per heavy atom. The van der Waals surface area contributed by atoms with Gasteiger partial charge in [0.25, 0.3) is 11.8 Å². The molecular weight excluding hydrogens is 450 g/mol. The van der Waals surface area contributed by atoms with Crippen molar-refractivity contribution in [2.24, 2.45) is 0 Å². The predicted molar refractivity (Wildman–Crippen MR) is 128 cm³/mol. The first-order valence-electron chi connectivity index (χ1n) is 11.3. The highest BCUT2D eigenvalue weighted by Gasteiger charge is 2.35. The molecule has 6 rings (SSSR count). The lowest BCUT2D eigenvalue weighted by Gasteiger charge is -2.41. The molecule has 1 N–H and O–H groups in total. The van der Waals surface area contributed by atoms with Crippen molar-refractivity contribution >= 4 is 34.1 Å². The zero-order valence-corrected chi connectivity index (χ0v) is 19.2. The zero-order valence-electron chi connectivity index (χ0n) is 18.4. The summed E-state index contributed by atoms with van der Waals surface area (Å²) in [5, 5.41) is 6.96. The summed E-state index contributed by atoms with van der Waals surface area (Å²) < 4.78 is 1.91. The molecule has 1 aromatic carbocycles. The molecule has 1 atom stereocenters. The third-order valence-corrected chi connectivity index (χ3v) is 7.20. The minimum atomic E-state index is 0.00719. The number of carbonyl (C=O) groups excluding carboxylic acids is 2. The maximum absolute atomic E-state index is 13.0. The lowest BCUT2D eigenvalue weighted by atomic mass is 10.0. The molecule has 0 radical (unpaired) electrons. The number of nitrogens with zero attached hydrogens (tertiary/aromatic N) is 6. The summed E-state index contributed by atoms with van der Waals surface area (Å²) in [5.74, 6) is 0.649. The van der Waals surface area contributed by atoms with Gasteiger partial charge in [-0.3, -0.25) is 14.2 Å². The van der Waals surface area contributed by atoms with Crippen molar-refractivity contribution in [2.75, 3.05) is 26.2 Å². The number of amides is 2. The Labute approximate surface area is 200 Å². The van der Waals surface area contributed by atoms with Gasteiger partial charge in [0.15, 0.2) is 5.01 Å². The van der Waals surface area contributed by atoms with Crippen LogP contribution in [-0.4, -0.2) is 79.4 Å². The van der Waals surface area contributed by atoms with Crippen molar-refractivity contribution in [3.05, 3.63) is 71.1 Å². The molecule has 0 bridgehead atoms. The maximum Gasteiger partial charge on any atom is 0.282 e. The van der Waals surface area contributed by atoms with Crippen LogP contribution in [0.15, 0.2) is 60.5 Å². The van der Waals surface area contributed by atoms with Crippen LogP contribution < -0.4 is 5.32 Å². The van der Waals surface area contributed by atoms with Crippen LogP contribution in [0.4, 0.5) is 0 Å². The highest BCUT2D eigenvalue weighted by atomic mass is 32.1. The molecule has 34 heavy (non-hydrogen) atoms. The Hall–Kier alpha value is -3.63. The summed E-state index contributed by atoms with van der Waals surface area (Å²) in [6.45, 7) is 2.76. The van der Waals surface area contributed by atoms with Gasteiger partial charge in [0.2, 0.25) is 5.95 Å². The molecule has 0 spiro atoms. The molecular formula is C24H23N7O2S. The van der Waals surface area contributed by atoms with E-state index in [1.807, 2.05) is 50.2 Å². The first kappa shape index (κ1) is 20.9. The SMILES string of the molecule is O=C(c1ccc2c(ccn2-c2ncccn2)c1)N1CC(NC2CCN(C(=O)c3nccs3)C2)C1. The van der Waals surface area contributed by atoms with Crippen LogP contribution in [0, 0.1) is 0 Å². The van der Waals surface area contributed by atoms with E-state index in [1.165, 1.54) is 11.3 Å². The van der Waals surface area contributed by atoms with Crippen molar-refractivity contribution in [2.45, 2.75) is 18.5 Å². The standard InChI is InChI=1S/C24H23N7O2S/c32-22(17-2-3-20-16(12-17)4-10-31(20)24-26-6-1-7-27-24)30-14-19(15-30)28-18-5-9-29(13-18)23(33)21-25-8-11-34-21/h1-4,6-8,10-12,18-19,28H,5,9,13-15H2. The minimum Gasteiger partial charge on any atom is -0.335 e. The van der Waals surface area contributed by atoms with Gasteiger partial charge in [-0.2, -0.15) is 0 Å². The second kappa shape index (κ2) is 8.62. The van der Waals surface area contributed by atoms with Gasteiger partial charge in [0.1, 0.15) is 0 Å². The number of fused-ring (bicyclic) bond motifs is 1. The fourth-order valence-electron chi connectivity index (χ4n) is 4.68. The largest absolute Gasteiger partial charge is 0.335 e. The molecule has 2 fully saturated rings. The van der Waals surface area contributed by atoms with Crippen LogP contribution in [0.3, 0.4) is 0 Å². The molecule has 2 amide bonds. The van der Waals surface area contributed by atoms with E-state index < -0.39 is 0 Å². The molecule has 5 heterocycles. The van der Waals surface area contributed by atoms with Gasteiger partial charge >= 0.3 is 0 Å². The van der Waals surface area contributed by atoms with E-state index in [2.05, 4.69) is 20.3 Å². The number of carbonyl (C=O) groups is 2. The minimum absolute atomic E-state index is 0.00719. The molecule has 10 heteroatoms. The van der Waals surface area contributed by atoms with E-state index in [-0.39, 0.29) is 23.9 Å². The summed E-state index contributed by atoms with van der Waals surface area (Å²) in [4.78, 5) is 41.9. The van der Waals surface area contributed by atoms with Crippen LogP contribution in [0.25, 0.3) is 16.9 Å². The molecule has 3 aromatic heterocycles. The Morgan fingerprint density at radius 2 is 1.76 bits per heavy atom. The van der Waals surface area contributed by atoms with Gasteiger partial charge in [0.05, 0.1) is 5.52 Å². The van der Waals surface area contributed by atoms with Crippen molar-refractivity contribution in [1.29, 1.82) is 0 Å². The Kier molecular flexibility index (Phi) is 5.31. The molecule has 0 aliphatic carbocycles. The van der Waals surface area contributed by atoms with Gasteiger partial charge in [-0.15, -0.1) is 11.3 Å². The van der Waals surface area contributed by atoms with E-state index in [1.54, 1.807) is 24.7 Å².